The third kappa shape index (κ3) is 2.18. The van der Waals surface area contributed by atoms with Gasteiger partial charge in [0, 0.05) is 11.8 Å². The quantitative estimate of drug-likeness (QED) is 0.716. The number of nitrogens with zero attached hydrogens (tertiary/aromatic N) is 2. The minimum absolute atomic E-state index is 0.112. The molecule has 0 atom stereocenters. The molecule has 0 aliphatic carbocycles. The summed E-state index contributed by atoms with van der Waals surface area (Å²) in [6.45, 7) is 7.89. The Morgan fingerprint density at radius 2 is 2.38 bits per heavy atom. The molecule has 70 valence electrons. The van der Waals surface area contributed by atoms with Crippen molar-refractivity contribution in [2.75, 3.05) is 0 Å². The number of aromatic nitrogens is 2. The van der Waals surface area contributed by atoms with Crippen LogP contribution in [0.15, 0.2) is 18.3 Å². The van der Waals surface area contributed by atoms with Crippen LogP contribution in [0.25, 0.3) is 0 Å². The van der Waals surface area contributed by atoms with E-state index in [1.165, 1.54) is 0 Å². The van der Waals surface area contributed by atoms with Gasteiger partial charge in [-0.15, -0.1) is 0 Å². The minimum Gasteiger partial charge on any atom is -0.476 e. The highest BCUT2D eigenvalue weighted by molar-refractivity contribution is 5.86. The molecule has 4 nitrogen and oxygen atoms in total. The van der Waals surface area contributed by atoms with Gasteiger partial charge < -0.3 is 5.11 Å². The summed E-state index contributed by atoms with van der Waals surface area (Å²) in [4.78, 5) is 10.6. The van der Waals surface area contributed by atoms with Gasteiger partial charge in [-0.05, 0) is 13.8 Å². The van der Waals surface area contributed by atoms with Crippen LogP contribution in [0.2, 0.25) is 0 Å². The predicted octanol–water partition coefficient (Wildman–Crippen LogP) is 1.47. The van der Waals surface area contributed by atoms with E-state index in [0.29, 0.717) is 12.1 Å². The van der Waals surface area contributed by atoms with Gasteiger partial charge in [0.1, 0.15) is 0 Å². The van der Waals surface area contributed by atoms with E-state index < -0.39 is 5.97 Å². The third-order valence-corrected chi connectivity index (χ3v) is 1.58. The van der Waals surface area contributed by atoms with Gasteiger partial charge in [0.15, 0.2) is 5.69 Å². The van der Waals surface area contributed by atoms with Crippen molar-refractivity contribution in [1.29, 1.82) is 0 Å². The molecule has 1 rings (SSSR count). The van der Waals surface area contributed by atoms with Crippen LogP contribution in [-0.4, -0.2) is 20.9 Å². The summed E-state index contributed by atoms with van der Waals surface area (Å²) in [6.07, 6.45) is 1.71. The fourth-order valence-corrected chi connectivity index (χ4v) is 1.09. The third-order valence-electron chi connectivity index (χ3n) is 1.58. The Balaban J connectivity index is 2.95. The van der Waals surface area contributed by atoms with Crippen molar-refractivity contribution in [3.05, 3.63) is 29.6 Å². The molecular formula is C9H12N2O2. The van der Waals surface area contributed by atoms with Crippen molar-refractivity contribution >= 4 is 5.97 Å². The van der Waals surface area contributed by atoms with Gasteiger partial charge in [0.2, 0.25) is 0 Å². The first-order chi connectivity index (χ1) is 6.00. The number of carbonyl (C=O) groups is 1. The van der Waals surface area contributed by atoms with E-state index in [1.807, 2.05) is 6.92 Å². The van der Waals surface area contributed by atoms with Crippen LogP contribution in [0.4, 0.5) is 0 Å². The maximum atomic E-state index is 10.6. The average Bonchev–Trinajstić information content (AvgIpc) is 2.29. The molecule has 1 N–H and O–H groups in total. The van der Waals surface area contributed by atoms with Crippen molar-refractivity contribution in [1.82, 2.24) is 9.78 Å². The minimum atomic E-state index is -0.988. The number of rotatable bonds is 3. The van der Waals surface area contributed by atoms with Gasteiger partial charge in [0.05, 0.1) is 6.54 Å². The smallest absolute Gasteiger partial charge is 0.356 e. The summed E-state index contributed by atoms with van der Waals surface area (Å²) < 4.78 is 1.58. The Morgan fingerprint density at radius 3 is 2.77 bits per heavy atom. The summed E-state index contributed by atoms with van der Waals surface area (Å²) in [5, 5.41) is 12.6. The second-order valence-electron chi connectivity index (χ2n) is 3.12. The SMILES string of the molecule is C=C(C)Cn1cc(C)c(C(=O)O)n1. The first-order valence-corrected chi connectivity index (χ1v) is 3.92. The van der Waals surface area contributed by atoms with E-state index in [9.17, 15) is 4.79 Å². The zero-order valence-electron chi connectivity index (χ0n) is 7.74. The molecule has 0 unspecified atom stereocenters. The standard InChI is InChI=1S/C9H12N2O2/c1-6(2)4-11-5-7(3)8(10-11)9(12)13/h5H,1,4H2,2-3H3,(H,12,13). The first kappa shape index (κ1) is 9.51. The van der Waals surface area contributed by atoms with Crippen molar-refractivity contribution in [3.63, 3.8) is 0 Å². The second kappa shape index (κ2) is 3.43. The highest BCUT2D eigenvalue weighted by atomic mass is 16.4. The van der Waals surface area contributed by atoms with Gasteiger partial charge in [-0.2, -0.15) is 5.10 Å². The Morgan fingerprint density at radius 1 is 1.77 bits per heavy atom. The Hall–Kier alpha value is -1.58. The van der Waals surface area contributed by atoms with E-state index in [0.717, 1.165) is 5.57 Å². The lowest BCUT2D eigenvalue weighted by molar-refractivity contribution is 0.0688. The van der Waals surface area contributed by atoms with E-state index in [4.69, 9.17) is 5.11 Å². The van der Waals surface area contributed by atoms with Gasteiger partial charge >= 0.3 is 5.97 Å². The first-order valence-electron chi connectivity index (χ1n) is 3.92. The average molecular weight is 180 g/mol. The molecular weight excluding hydrogens is 168 g/mol. The van der Waals surface area contributed by atoms with Crippen LogP contribution in [0, 0.1) is 6.92 Å². The molecule has 0 aliphatic rings. The molecule has 0 fully saturated rings. The topological polar surface area (TPSA) is 55.1 Å². The molecule has 0 saturated carbocycles. The van der Waals surface area contributed by atoms with E-state index >= 15 is 0 Å². The second-order valence-corrected chi connectivity index (χ2v) is 3.12. The number of carboxylic acid groups (broad SMARTS) is 1. The Bertz CT molecular complexity index is 352. The van der Waals surface area contributed by atoms with Gasteiger partial charge in [-0.3, -0.25) is 4.68 Å². The predicted molar refractivity (Wildman–Crippen MR) is 48.7 cm³/mol. The van der Waals surface area contributed by atoms with Crippen molar-refractivity contribution in [2.24, 2.45) is 0 Å². The molecule has 0 aliphatic heterocycles. The molecule has 13 heavy (non-hydrogen) atoms. The molecule has 0 spiro atoms. The zero-order valence-corrected chi connectivity index (χ0v) is 7.74. The highest BCUT2D eigenvalue weighted by Crippen LogP contribution is 2.06. The maximum Gasteiger partial charge on any atom is 0.356 e. The number of aromatic carboxylic acids is 1. The summed E-state index contributed by atoms with van der Waals surface area (Å²) in [7, 11) is 0. The summed E-state index contributed by atoms with van der Waals surface area (Å²) in [5.74, 6) is -0.988. The number of hydrogen-bond acceptors (Lipinski definition) is 2. The van der Waals surface area contributed by atoms with Crippen LogP contribution >= 0.6 is 0 Å². The molecule has 0 saturated heterocycles. The largest absolute Gasteiger partial charge is 0.476 e. The fourth-order valence-electron chi connectivity index (χ4n) is 1.09. The van der Waals surface area contributed by atoms with Gasteiger partial charge in [-0.25, -0.2) is 4.79 Å². The normalized spacial score (nSPS) is 10.0. The summed E-state index contributed by atoms with van der Waals surface area (Å²) >= 11 is 0. The van der Waals surface area contributed by atoms with Crippen LogP contribution in [0.1, 0.15) is 23.0 Å². The van der Waals surface area contributed by atoms with E-state index in [2.05, 4.69) is 11.7 Å². The summed E-state index contributed by atoms with van der Waals surface area (Å²) in [6, 6.07) is 0. The monoisotopic (exact) mass is 180 g/mol. The lowest BCUT2D eigenvalue weighted by atomic mass is 10.3. The number of allylic oxidation sites excluding steroid dienone is 1. The van der Waals surface area contributed by atoms with Gasteiger partial charge in [-0.1, -0.05) is 12.2 Å². The summed E-state index contributed by atoms with van der Waals surface area (Å²) in [5.41, 5.74) is 1.73. The van der Waals surface area contributed by atoms with Crippen LogP contribution in [0.3, 0.4) is 0 Å². The number of carboxylic acids is 1. The van der Waals surface area contributed by atoms with Crippen molar-refractivity contribution in [3.8, 4) is 0 Å². The maximum absolute atomic E-state index is 10.6. The molecule has 4 heteroatoms. The van der Waals surface area contributed by atoms with Crippen LogP contribution in [0.5, 0.6) is 0 Å². The lowest BCUT2D eigenvalue weighted by Crippen LogP contribution is -2.03. The lowest BCUT2D eigenvalue weighted by Gasteiger charge is -1.97. The van der Waals surface area contributed by atoms with Crippen LogP contribution in [-0.2, 0) is 6.54 Å². The molecule has 1 aromatic heterocycles. The molecule has 0 amide bonds. The zero-order chi connectivity index (χ0) is 10.0. The molecule has 0 aromatic carbocycles. The molecule has 1 aromatic rings. The van der Waals surface area contributed by atoms with E-state index in [1.54, 1.807) is 17.8 Å². The van der Waals surface area contributed by atoms with Gasteiger partial charge in [0.25, 0.3) is 0 Å². The fraction of sp³-hybridized carbons (Fsp3) is 0.333. The number of hydrogen-bond donors (Lipinski definition) is 1. The molecule has 1 heterocycles. The molecule has 0 bridgehead atoms. The van der Waals surface area contributed by atoms with Crippen LogP contribution < -0.4 is 0 Å². The Labute approximate surface area is 76.5 Å². The van der Waals surface area contributed by atoms with Crippen molar-refractivity contribution in [2.45, 2.75) is 20.4 Å². The Kier molecular flexibility index (Phi) is 2.51. The van der Waals surface area contributed by atoms with E-state index in [-0.39, 0.29) is 5.69 Å². The number of aryl methyl sites for hydroxylation is 1. The highest BCUT2D eigenvalue weighted by Gasteiger charge is 2.11. The molecule has 0 radical (unpaired) electrons. The van der Waals surface area contributed by atoms with Crippen molar-refractivity contribution < 1.29 is 9.90 Å².